The van der Waals surface area contributed by atoms with Crippen LogP contribution in [0.15, 0.2) is 53.9 Å². The number of carboxylic acids is 1. The molecule has 2 amide bonds. The van der Waals surface area contributed by atoms with Gasteiger partial charge in [-0.1, -0.05) is 48.5 Å². The Hall–Kier alpha value is -3.76. The number of carboxylic acid groups (broad SMARTS) is 1. The van der Waals surface area contributed by atoms with Gasteiger partial charge in [0.2, 0.25) is 0 Å². The molecule has 4 N–H and O–H groups in total. The molecule has 0 saturated carbocycles. The monoisotopic (exact) mass is 481 g/mol. The van der Waals surface area contributed by atoms with E-state index in [9.17, 15) is 19.5 Å². The minimum atomic E-state index is -1.68. The van der Waals surface area contributed by atoms with Gasteiger partial charge in [-0.15, -0.1) is 11.3 Å². The maximum absolute atomic E-state index is 12.2. The number of amides is 2. The fourth-order valence-electron chi connectivity index (χ4n) is 3.82. The Labute approximate surface area is 199 Å². The first kappa shape index (κ1) is 23.4. The number of thiazole rings is 1. The number of nitrogens with one attached hydrogen (secondary N) is 2. The van der Waals surface area contributed by atoms with Crippen molar-refractivity contribution >= 4 is 29.3 Å². The molecule has 1 heterocycles. The molecule has 3 aromatic rings. The van der Waals surface area contributed by atoms with Crippen molar-refractivity contribution in [2.75, 3.05) is 19.7 Å². The normalized spacial score (nSPS) is 13.0. The number of carbonyl (C=O) groups excluding carboxylic acids is 2. The van der Waals surface area contributed by atoms with Crippen molar-refractivity contribution in [3.05, 3.63) is 75.7 Å². The van der Waals surface area contributed by atoms with Gasteiger partial charge in [-0.05, 0) is 22.3 Å². The molecule has 0 fully saturated rings. The second-order valence-corrected chi connectivity index (χ2v) is 8.64. The molecule has 9 nitrogen and oxygen atoms in total. The fraction of sp³-hybridized carbons (Fsp3) is 0.250. The third-order valence-electron chi connectivity index (χ3n) is 5.48. The van der Waals surface area contributed by atoms with Crippen LogP contribution >= 0.6 is 11.3 Å². The second kappa shape index (κ2) is 10.4. The van der Waals surface area contributed by atoms with Crippen LogP contribution in [0.5, 0.6) is 0 Å². The number of hydrogen-bond acceptors (Lipinski definition) is 7. The van der Waals surface area contributed by atoms with E-state index in [-0.39, 0.29) is 24.8 Å². The van der Waals surface area contributed by atoms with Crippen LogP contribution in [0.25, 0.3) is 11.1 Å². The number of fused-ring (bicyclic) bond motifs is 3. The Morgan fingerprint density at radius 3 is 2.32 bits per heavy atom. The summed E-state index contributed by atoms with van der Waals surface area (Å²) < 4.78 is 5.49. The molecule has 1 aliphatic rings. The number of benzene rings is 2. The van der Waals surface area contributed by atoms with Crippen LogP contribution in [-0.2, 0) is 16.0 Å². The molecule has 0 aliphatic heterocycles. The van der Waals surface area contributed by atoms with E-state index < -0.39 is 30.6 Å². The molecule has 1 aromatic heterocycles. The van der Waals surface area contributed by atoms with Gasteiger partial charge >= 0.3 is 12.1 Å². The minimum Gasteiger partial charge on any atom is -0.479 e. The summed E-state index contributed by atoms with van der Waals surface area (Å²) in [6.45, 7) is 0.0942. The van der Waals surface area contributed by atoms with Gasteiger partial charge in [-0.3, -0.25) is 4.79 Å². The largest absolute Gasteiger partial charge is 0.479 e. The van der Waals surface area contributed by atoms with Crippen molar-refractivity contribution in [1.82, 2.24) is 15.6 Å². The first-order valence-corrected chi connectivity index (χ1v) is 11.5. The zero-order valence-corrected chi connectivity index (χ0v) is 18.9. The van der Waals surface area contributed by atoms with Crippen LogP contribution in [0.1, 0.15) is 32.5 Å². The Morgan fingerprint density at radius 1 is 1.03 bits per heavy atom. The summed E-state index contributed by atoms with van der Waals surface area (Å²) in [7, 11) is 0. The van der Waals surface area contributed by atoms with E-state index >= 15 is 0 Å². The fourth-order valence-corrected chi connectivity index (χ4v) is 4.60. The SMILES string of the molecule is O=C(NCCc1nc(C(=O)NCC(O)C(=O)O)cs1)OCC1c2ccccc2-c2ccccc21. The van der Waals surface area contributed by atoms with Crippen molar-refractivity contribution < 1.29 is 29.3 Å². The predicted octanol–water partition coefficient (Wildman–Crippen LogP) is 2.40. The smallest absolute Gasteiger partial charge is 0.407 e. The molecule has 0 bridgehead atoms. The van der Waals surface area contributed by atoms with E-state index in [0.717, 1.165) is 22.3 Å². The summed E-state index contributed by atoms with van der Waals surface area (Å²) >= 11 is 1.25. The minimum absolute atomic E-state index is 0.0159. The average Bonchev–Trinajstić information content (AvgIpc) is 3.44. The molecule has 1 atom stereocenters. The van der Waals surface area contributed by atoms with Crippen LogP contribution in [0.2, 0.25) is 0 Å². The van der Waals surface area contributed by atoms with Crippen LogP contribution in [0, 0.1) is 0 Å². The van der Waals surface area contributed by atoms with E-state index in [2.05, 4.69) is 39.9 Å². The van der Waals surface area contributed by atoms with Gasteiger partial charge in [0.1, 0.15) is 12.3 Å². The van der Waals surface area contributed by atoms with Crippen LogP contribution in [0.3, 0.4) is 0 Å². The van der Waals surface area contributed by atoms with Crippen LogP contribution < -0.4 is 10.6 Å². The number of aromatic nitrogens is 1. The number of alkyl carbamates (subject to hydrolysis) is 1. The average molecular weight is 482 g/mol. The Morgan fingerprint density at radius 2 is 1.68 bits per heavy atom. The topological polar surface area (TPSA) is 138 Å². The summed E-state index contributed by atoms with van der Waals surface area (Å²) in [5.74, 6) is -2.01. The van der Waals surface area contributed by atoms with Crippen molar-refractivity contribution in [3.8, 4) is 11.1 Å². The maximum Gasteiger partial charge on any atom is 0.407 e. The van der Waals surface area contributed by atoms with Crippen molar-refractivity contribution in [2.45, 2.75) is 18.4 Å². The van der Waals surface area contributed by atoms with Crippen LogP contribution in [0.4, 0.5) is 4.79 Å². The molecule has 4 rings (SSSR count). The number of nitrogens with zero attached hydrogens (tertiary/aromatic N) is 1. The van der Waals surface area contributed by atoms with Gasteiger partial charge in [-0.2, -0.15) is 0 Å². The first-order chi connectivity index (χ1) is 16.4. The van der Waals surface area contributed by atoms with E-state index in [4.69, 9.17) is 9.84 Å². The van der Waals surface area contributed by atoms with Gasteiger partial charge in [0.15, 0.2) is 6.10 Å². The second-order valence-electron chi connectivity index (χ2n) is 7.69. The van der Waals surface area contributed by atoms with Gasteiger partial charge in [0, 0.05) is 24.3 Å². The van der Waals surface area contributed by atoms with Gasteiger partial charge in [0.05, 0.1) is 11.6 Å². The van der Waals surface area contributed by atoms with E-state index in [1.165, 1.54) is 16.7 Å². The third kappa shape index (κ3) is 5.24. The number of rotatable bonds is 9. The highest BCUT2D eigenvalue weighted by Gasteiger charge is 2.29. The van der Waals surface area contributed by atoms with E-state index in [0.29, 0.717) is 11.4 Å². The van der Waals surface area contributed by atoms with Crippen LogP contribution in [-0.4, -0.2) is 59.0 Å². The number of carbonyl (C=O) groups is 3. The molecule has 10 heteroatoms. The molecular weight excluding hydrogens is 458 g/mol. The number of aliphatic carboxylic acids is 1. The molecule has 1 aliphatic carbocycles. The first-order valence-electron chi connectivity index (χ1n) is 10.7. The molecule has 34 heavy (non-hydrogen) atoms. The molecule has 176 valence electrons. The zero-order valence-electron chi connectivity index (χ0n) is 18.1. The highest BCUT2D eigenvalue weighted by atomic mass is 32.1. The molecule has 2 aromatic carbocycles. The van der Waals surface area contributed by atoms with Crippen molar-refractivity contribution in [1.29, 1.82) is 0 Å². The standard InChI is InChI=1S/C24H23N3O6S/c28-20(23(30)31)11-26-22(29)19-13-34-21(27-19)9-10-25-24(32)33-12-18-16-7-3-1-5-14(16)15-6-2-4-8-17(15)18/h1-8,13,18,20,28H,9-12H2,(H,25,32)(H,26,29)(H,30,31). The summed E-state index contributed by atoms with van der Waals surface area (Å²) in [4.78, 5) is 39.0. The lowest BCUT2D eigenvalue weighted by Gasteiger charge is -2.14. The molecule has 0 spiro atoms. The number of aliphatic hydroxyl groups is 1. The molecule has 0 saturated heterocycles. The number of ether oxygens (including phenoxy) is 1. The maximum atomic E-state index is 12.2. The Bertz CT molecular complexity index is 1170. The molecule has 0 radical (unpaired) electrons. The lowest BCUT2D eigenvalue weighted by atomic mass is 9.98. The van der Waals surface area contributed by atoms with Gasteiger partial charge in [0.25, 0.3) is 5.91 Å². The third-order valence-corrected chi connectivity index (χ3v) is 6.39. The van der Waals surface area contributed by atoms with E-state index in [1.807, 2.05) is 24.3 Å². The summed E-state index contributed by atoms with van der Waals surface area (Å²) in [5, 5.41) is 25.0. The lowest BCUT2D eigenvalue weighted by Crippen LogP contribution is -2.36. The highest BCUT2D eigenvalue weighted by molar-refractivity contribution is 7.09. The van der Waals surface area contributed by atoms with Crippen molar-refractivity contribution in [3.63, 3.8) is 0 Å². The van der Waals surface area contributed by atoms with E-state index in [1.54, 1.807) is 0 Å². The summed E-state index contributed by atoms with van der Waals surface area (Å²) in [5.41, 5.74) is 4.72. The van der Waals surface area contributed by atoms with Gasteiger partial charge < -0.3 is 25.6 Å². The summed E-state index contributed by atoms with van der Waals surface area (Å²) in [6, 6.07) is 16.2. The highest BCUT2D eigenvalue weighted by Crippen LogP contribution is 2.44. The van der Waals surface area contributed by atoms with Gasteiger partial charge in [-0.25, -0.2) is 14.6 Å². The summed E-state index contributed by atoms with van der Waals surface area (Å²) in [6.07, 6.45) is -1.80. The predicted molar refractivity (Wildman–Crippen MR) is 125 cm³/mol. The molecular formula is C24H23N3O6S. The molecule has 1 unspecified atom stereocenters. The van der Waals surface area contributed by atoms with Crippen molar-refractivity contribution in [2.24, 2.45) is 0 Å². The quantitative estimate of drug-likeness (QED) is 0.368. The Kier molecular flexibility index (Phi) is 7.19. The lowest BCUT2D eigenvalue weighted by molar-refractivity contribution is -0.146. The number of aliphatic hydroxyl groups excluding tert-OH is 1. The zero-order chi connectivity index (χ0) is 24.1. The number of hydrogen-bond donors (Lipinski definition) is 4. The Balaban J connectivity index is 1.24.